The Kier molecular flexibility index (Phi) is 4.75. The first kappa shape index (κ1) is 17.1. The number of aromatic nitrogens is 2. The fourth-order valence-electron chi connectivity index (χ4n) is 2.45. The van der Waals surface area contributed by atoms with E-state index < -0.39 is 30.9 Å². The third-order valence-corrected chi connectivity index (χ3v) is 4.89. The number of halogens is 3. The van der Waals surface area contributed by atoms with Crippen LogP contribution < -0.4 is 0 Å². The van der Waals surface area contributed by atoms with E-state index in [1.165, 1.54) is 12.1 Å². The highest BCUT2D eigenvalue weighted by Crippen LogP contribution is 2.44. The molecule has 1 N–H and O–H groups in total. The third-order valence-electron chi connectivity index (χ3n) is 3.23. The van der Waals surface area contributed by atoms with Crippen LogP contribution in [0.1, 0.15) is 23.7 Å². The molecule has 7 heteroatoms. The average molecular weight is 345 g/mol. The van der Waals surface area contributed by atoms with Crippen LogP contribution in [0.3, 0.4) is 0 Å². The molecule has 0 fully saturated rings. The van der Waals surface area contributed by atoms with Crippen LogP contribution in [0, 0.1) is 11.6 Å². The summed E-state index contributed by atoms with van der Waals surface area (Å²) >= 11 is 6.55. The van der Waals surface area contributed by atoms with Crippen LogP contribution in [-0.4, -0.2) is 18.3 Å². The first-order valence-corrected chi connectivity index (χ1v) is 10.8. The van der Waals surface area contributed by atoms with Crippen molar-refractivity contribution in [1.82, 2.24) is 9.97 Å². The molecule has 0 amide bonds. The highest BCUT2D eigenvalue weighted by Gasteiger charge is 2.43. The lowest BCUT2D eigenvalue weighted by Crippen LogP contribution is -2.42. The SMILES string of the molecule is CC(O[Si](C)(C)C)(c1ccc(F)cc1F)C(Cl)c1ncc[nH]1. The maximum atomic E-state index is 14.3. The van der Waals surface area contributed by atoms with Crippen molar-refractivity contribution in [2.45, 2.75) is 37.5 Å². The molecule has 2 rings (SSSR count). The van der Waals surface area contributed by atoms with Crippen LogP contribution >= 0.6 is 11.6 Å². The lowest BCUT2D eigenvalue weighted by molar-refractivity contribution is 0.0667. The largest absolute Gasteiger partial charge is 0.406 e. The summed E-state index contributed by atoms with van der Waals surface area (Å²) in [6.07, 6.45) is 3.21. The lowest BCUT2D eigenvalue weighted by atomic mass is 9.91. The van der Waals surface area contributed by atoms with Crippen LogP contribution in [0.4, 0.5) is 8.78 Å². The molecule has 1 heterocycles. The Bertz CT molecular complexity index is 645. The molecule has 2 aromatic rings. The molecule has 3 nitrogen and oxygen atoms in total. The Morgan fingerprint density at radius 2 is 2.00 bits per heavy atom. The van der Waals surface area contributed by atoms with E-state index in [0.717, 1.165) is 6.07 Å². The number of alkyl halides is 1. The van der Waals surface area contributed by atoms with Crippen molar-refractivity contribution in [2.75, 3.05) is 0 Å². The Labute approximate surface area is 134 Å². The zero-order valence-electron chi connectivity index (χ0n) is 13.0. The smallest absolute Gasteiger partial charge is 0.185 e. The van der Waals surface area contributed by atoms with Crippen molar-refractivity contribution in [3.63, 3.8) is 0 Å². The normalized spacial score (nSPS) is 16.3. The van der Waals surface area contributed by atoms with Crippen molar-refractivity contribution in [1.29, 1.82) is 0 Å². The van der Waals surface area contributed by atoms with Gasteiger partial charge in [0.05, 0.1) is 0 Å². The first-order chi connectivity index (χ1) is 10.1. The number of imidazole rings is 1. The Morgan fingerprint density at radius 1 is 1.32 bits per heavy atom. The van der Waals surface area contributed by atoms with Gasteiger partial charge in [-0.15, -0.1) is 11.6 Å². The van der Waals surface area contributed by atoms with Crippen molar-refractivity contribution in [3.05, 3.63) is 53.6 Å². The molecule has 0 radical (unpaired) electrons. The van der Waals surface area contributed by atoms with Gasteiger partial charge in [0.1, 0.15) is 28.4 Å². The molecule has 0 aliphatic carbocycles. The van der Waals surface area contributed by atoms with Crippen molar-refractivity contribution in [2.24, 2.45) is 0 Å². The molecule has 2 atom stereocenters. The number of aromatic amines is 1. The van der Waals surface area contributed by atoms with Gasteiger partial charge in [-0.3, -0.25) is 0 Å². The van der Waals surface area contributed by atoms with Gasteiger partial charge in [-0.2, -0.15) is 0 Å². The van der Waals surface area contributed by atoms with Gasteiger partial charge in [-0.25, -0.2) is 13.8 Å². The quantitative estimate of drug-likeness (QED) is 0.628. The zero-order valence-corrected chi connectivity index (χ0v) is 14.7. The summed E-state index contributed by atoms with van der Waals surface area (Å²) in [5.41, 5.74) is -0.950. The third kappa shape index (κ3) is 3.56. The predicted molar refractivity (Wildman–Crippen MR) is 85.3 cm³/mol. The van der Waals surface area contributed by atoms with Crippen molar-refractivity contribution < 1.29 is 13.2 Å². The number of nitrogens with zero attached hydrogens (tertiary/aromatic N) is 1. The molecule has 1 aromatic heterocycles. The summed E-state index contributed by atoms with van der Waals surface area (Å²) in [7, 11) is -2.07. The van der Waals surface area contributed by atoms with E-state index in [4.69, 9.17) is 16.0 Å². The Hall–Kier alpha value is -1.24. The Balaban J connectivity index is 2.54. The molecule has 120 valence electrons. The molecular weight excluding hydrogens is 326 g/mol. The highest BCUT2D eigenvalue weighted by molar-refractivity contribution is 6.69. The van der Waals surface area contributed by atoms with E-state index in [2.05, 4.69) is 9.97 Å². The van der Waals surface area contributed by atoms with Crippen LogP contribution in [0.15, 0.2) is 30.6 Å². The number of hydrogen-bond acceptors (Lipinski definition) is 2. The second-order valence-electron chi connectivity index (χ2n) is 6.28. The van der Waals surface area contributed by atoms with E-state index in [0.29, 0.717) is 5.82 Å². The second kappa shape index (κ2) is 6.10. The van der Waals surface area contributed by atoms with Crippen molar-refractivity contribution >= 4 is 19.9 Å². The average Bonchev–Trinajstić information content (AvgIpc) is 2.88. The summed E-state index contributed by atoms with van der Waals surface area (Å²) in [5, 5.41) is -0.741. The number of benzene rings is 1. The molecule has 0 aliphatic heterocycles. The van der Waals surface area contributed by atoms with Gasteiger partial charge < -0.3 is 9.41 Å². The minimum Gasteiger partial charge on any atom is -0.406 e. The summed E-state index contributed by atoms with van der Waals surface area (Å²) in [6, 6.07) is 3.42. The van der Waals surface area contributed by atoms with E-state index in [1.54, 1.807) is 19.3 Å². The number of rotatable bonds is 5. The summed E-state index contributed by atoms with van der Waals surface area (Å²) in [4.78, 5) is 7.06. The summed E-state index contributed by atoms with van der Waals surface area (Å²) < 4.78 is 33.8. The minimum absolute atomic E-state index is 0.215. The second-order valence-corrected chi connectivity index (χ2v) is 11.1. The molecule has 0 saturated heterocycles. The van der Waals surface area contributed by atoms with Gasteiger partial charge in [0.25, 0.3) is 0 Å². The van der Waals surface area contributed by atoms with E-state index in [9.17, 15) is 8.78 Å². The number of hydrogen-bond donors (Lipinski definition) is 1. The Morgan fingerprint density at radius 3 is 2.50 bits per heavy atom. The molecule has 1 aromatic carbocycles. The first-order valence-electron chi connectivity index (χ1n) is 6.92. The molecular formula is C15H19ClF2N2OSi. The van der Waals surface area contributed by atoms with E-state index in [-0.39, 0.29) is 5.56 Å². The molecule has 2 unspecified atom stereocenters. The zero-order chi connectivity index (χ0) is 16.5. The maximum Gasteiger partial charge on any atom is 0.185 e. The minimum atomic E-state index is -2.07. The van der Waals surface area contributed by atoms with Crippen LogP contribution in [0.25, 0.3) is 0 Å². The van der Waals surface area contributed by atoms with Gasteiger partial charge in [0.2, 0.25) is 0 Å². The van der Waals surface area contributed by atoms with Gasteiger partial charge in [-0.05, 0) is 32.6 Å². The summed E-state index contributed by atoms with van der Waals surface area (Å²) in [5.74, 6) is -0.843. The molecule has 0 bridgehead atoms. The molecule has 0 aliphatic rings. The highest BCUT2D eigenvalue weighted by atomic mass is 35.5. The predicted octanol–water partition coefficient (Wildman–Crippen LogP) is 4.73. The topological polar surface area (TPSA) is 37.9 Å². The maximum absolute atomic E-state index is 14.3. The van der Waals surface area contributed by atoms with Crippen LogP contribution in [0.5, 0.6) is 0 Å². The summed E-state index contributed by atoms with van der Waals surface area (Å²) in [6.45, 7) is 7.66. The van der Waals surface area contributed by atoms with E-state index >= 15 is 0 Å². The number of nitrogens with one attached hydrogen (secondary N) is 1. The monoisotopic (exact) mass is 344 g/mol. The number of H-pyrrole nitrogens is 1. The van der Waals surface area contributed by atoms with Crippen LogP contribution in [0.2, 0.25) is 19.6 Å². The standard InChI is InChI=1S/C15H19ClF2N2OSi/c1-15(21-22(2,3)4,13(16)14-19-7-8-20-14)11-6-5-10(17)9-12(11)18/h5-9,13H,1-4H3,(H,19,20). The van der Waals surface area contributed by atoms with Crippen molar-refractivity contribution in [3.8, 4) is 0 Å². The fourth-order valence-corrected chi connectivity index (χ4v) is 4.30. The fraction of sp³-hybridized carbons (Fsp3) is 0.400. The van der Waals surface area contributed by atoms with Gasteiger partial charge >= 0.3 is 0 Å². The lowest BCUT2D eigenvalue weighted by Gasteiger charge is -2.39. The van der Waals surface area contributed by atoms with Gasteiger partial charge in [-0.1, -0.05) is 6.07 Å². The van der Waals surface area contributed by atoms with Gasteiger partial charge in [0.15, 0.2) is 8.32 Å². The van der Waals surface area contributed by atoms with Gasteiger partial charge in [0, 0.05) is 24.0 Å². The molecule has 0 saturated carbocycles. The van der Waals surface area contributed by atoms with Crippen LogP contribution in [-0.2, 0) is 10.0 Å². The van der Waals surface area contributed by atoms with E-state index in [1.807, 2.05) is 19.6 Å². The molecule has 22 heavy (non-hydrogen) atoms. The molecule has 0 spiro atoms.